The summed E-state index contributed by atoms with van der Waals surface area (Å²) >= 11 is 0. The second-order valence-electron chi connectivity index (χ2n) is 5.58. The van der Waals surface area contributed by atoms with Gasteiger partial charge in [-0.15, -0.1) is 0 Å². The topological polar surface area (TPSA) is 6.48 Å². The Bertz CT molecular complexity index is 208. The number of piperazine rings is 1. The molecule has 2 nitrogen and oxygen atoms in total. The van der Waals surface area contributed by atoms with Gasteiger partial charge in [0.25, 0.3) is 0 Å². The molecule has 3 atom stereocenters. The maximum Gasteiger partial charge on any atom is 0.0127 e. The zero-order chi connectivity index (χ0) is 9.54. The Kier molecular flexibility index (Phi) is 2.29. The van der Waals surface area contributed by atoms with Crippen LogP contribution in [0.4, 0.5) is 0 Å². The summed E-state index contributed by atoms with van der Waals surface area (Å²) in [4.78, 5) is 5.24. The molecule has 0 radical (unpaired) electrons. The SMILES string of the molecule is CN1CCN([C@@H]2C[C@@H]3CC[C@@H]2C3)CC1. The van der Waals surface area contributed by atoms with Crippen molar-refractivity contribution in [3.05, 3.63) is 0 Å². The second-order valence-corrected chi connectivity index (χ2v) is 5.58. The Balaban J connectivity index is 1.61. The van der Waals surface area contributed by atoms with E-state index in [0.717, 1.165) is 17.9 Å². The predicted octanol–water partition coefficient (Wildman–Crippen LogP) is 1.42. The van der Waals surface area contributed by atoms with E-state index < -0.39 is 0 Å². The highest BCUT2D eigenvalue weighted by molar-refractivity contribution is 4.96. The highest BCUT2D eigenvalue weighted by Gasteiger charge is 2.42. The summed E-state index contributed by atoms with van der Waals surface area (Å²) in [5, 5.41) is 0. The molecular weight excluding hydrogens is 172 g/mol. The van der Waals surface area contributed by atoms with Gasteiger partial charge in [-0.2, -0.15) is 0 Å². The van der Waals surface area contributed by atoms with Crippen LogP contribution in [0.1, 0.15) is 25.7 Å². The van der Waals surface area contributed by atoms with Crippen LogP contribution in [-0.4, -0.2) is 49.1 Å². The first kappa shape index (κ1) is 9.17. The Morgan fingerprint density at radius 3 is 2.29 bits per heavy atom. The van der Waals surface area contributed by atoms with Crippen LogP contribution in [0, 0.1) is 11.8 Å². The van der Waals surface area contributed by atoms with Crippen molar-refractivity contribution in [1.29, 1.82) is 0 Å². The minimum atomic E-state index is 0.974. The van der Waals surface area contributed by atoms with Crippen molar-refractivity contribution in [2.75, 3.05) is 33.2 Å². The Labute approximate surface area is 87.3 Å². The fourth-order valence-corrected chi connectivity index (χ4v) is 3.81. The summed E-state index contributed by atoms with van der Waals surface area (Å²) in [6.45, 7) is 5.22. The third-order valence-electron chi connectivity index (χ3n) is 4.71. The molecule has 0 unspecified atom stereocenters. The molecule has 0 aromatic carbocycles. The molecule has 0 spiro atoms. The minimum Gasteiger partial charge on any atom is -0.304 e. The van der Waals surface area contributed by atoms with E-state index in [1.807, 2.05) is 0 Å². The summed E-state index contributed by atoms with van der Waals surface area (Å²) in [6, 6.07) is 0.974. The maximum absolute atomic E-state index is 2.78. The second kappa shape index (κ2) is 3.49. The molecule has 2 aliphatic carbocycles. The smallest absolute Gasteiger partial charge is 0.0127 e. The molecule has 0 N–H and O–H groups in total. The van der Waals surface area contributed by atoms with Gasteiger partial charge in [-0.25, -0.2) is 0 Å². The minimum absolute atomic E-state index is 0.974. The van der Waals surface area contributed by atoms with Crippen molar-refractivity contribution in [2.45, 2.75) is 31.7 Å². The fourth-order valence-electron chi connectivity index (χ4n) is 3.81. The standard InChI is InChI=1S/C12H22N2/c1-13-4-6-14(7-5-13)12-9-10-2-3-11(12)8-10/h10-12H,2-9H2,1H3/t10-,11-,12-/m1/s1. The van der Waals surface area contributed by atoms with Gasteiger partial charge in [-0.1, -0.05) is 6.42 Å². The molecule has 0 aromatic heterocycles. The van der Waals surface area contributed by atoms with E-state index in [9.17, 15) is 0 Å². The Morgan fingerprint density at radius 2 is 1.71 bits per heavy atom. The van der Waals surface area contributed by atoms with Crippen molar-refractivity contribution in [2.24, 2.45) is 11.8 Å². The van der Waals surface area contributed by atoms with Crippen LogP contribution in [0.2, 0.25) is 0 Å². The molecule has 3 aliphatic rings. The molecule has 1 aliphatic heterocycles. The lowest BCUT2D eigenvalue weighted by molar-refractivity contribution is 0.0826. The Morgan fingerprint density at radius 1 is 0.929 bits per heavy atom. The molecule has 14 heavy (non-hydrogen) atoms. The molecular formula is C12H22N2. The maximum atomic E-state index is 2.78. The molecule has 0 amide bonds. The number of hydrogen-bond donors (Lipinski definition) is 0. The van der Waals surface area contributed by atoms with Gasteiger partial charge >= 0.3 is 0 Å². The molecule has 3 fully saturated rings. The molecule has 0 aromatic rings. The van der Waals surface area contributed by atoms with Crippen LogP contribution in [0.25, 0.3) is 0 Å². The van der Waals surface area contributed by atoms with Crippen LogP contribution < -0.4 is 0 Å². The van der Waals surface area contributed by atoms with E-state index in [-0.39, 0.29) is 0 Å². The molecule has 2 bridgehead atoms. The first-order valence-electron chi connectivity index (χ1n) is 6.25. The van der Waals surface area contributed by atoms with Crippen molar-refractivity contribution in [1.82, 2.24) is 9.80 Å². The zero-order valence-electron chi connectivity index (χ0n) is 9.28. The van der Waals surface area contributed by atoms with Gasteiger partial charge in [0.05, 0.1) is 0 Å². The van der Waals surface area contributed by atoms with Gasteiger partial charge < -0.3 is 4.90 Å². The molecule has 1 heterocycles. The lowest BCUT2D eigenvalue weighted by Gasteiger charge is -2.39. The average Bonchev–Trinajstić information content (AvgIpc) is 2.80. The summed E-state index contributed by atoms with van der Waals surface area (Å²) in [5.41, 5.74) is 0. The average molecular weight is 194 g/mol. The molecule has 2 heteroatoms. The highest BCUT2D eigenvalue weighted by atomic mass is 15.3. The van der Waals surface area contributed by atoms with Crippen molar-refractivity contribution < 1.29 is 0 Å². The van der Waals surface area contributed by atoms with E-state index in [4.69, 9.17) is 0 Å². The summed E-state index contributed by atoms with van der Waals surface area (Å²) in [5.74, 6) is 2.17. The lowest BCUT2D eigenvalue weighted by Crippen LogP contribution is -2.50. The monoisotopic (exact) mass is 194 g/mol. The van der Waals surface area contributed by atoms with Gasteiger partial charge in [0, 0.05) is 32.2 Å². The normalized spacial score (nSPS) is 44.8. The first-order valence-corrected chi connectivity index (χ1v) is 6.25. The first-order chi connectivity index (χ1) is 6.83. The van der Waals surface area contributed by atoms with Gasteiger partial charge in [0.2, 0.25) is 0 Å². The van der Waals surface area contributed by atoms with E-state index in [1.165, 1.54) is 45.4 Å². The molecule has 2 saturated carbocycles. The Hall–Kier alpha value is -0.0800. The molecule has 80 valence electrons. The van der Waals surface area contributed by atoms with Crippen LogP contribution >= 0.6 is 0 Å². The number of hydrogen-bond acceptors (Lipinski definition) is 2. The van der Waals surface area contributed by atoms with E-state index in [2.05, 4.69) is 16.8 Å². The van der Waals surface area contributed by atoms with Crippen LogP contribution in [0.5, 0.6) is 0 Å². The predicted molar refractivity (Wildman–Crippen MR) is 58.3 cm³/mol. The summed E-state index contributed by atoms with van der Waals surface area (Å²) in [7, 11) is 2.25. The van der Waals surface area contributed by atoms with Gasteiger partial charge in [0.15, 0.2) is 0 Å². The largest absolute Gasteiger partial charge is 0.304 e. The van der Waals surface area contributed by atoms with Crippen molar-refractivity contribution in [3.8, 4) is 0 Å². The van der Waals surface area contributed by atoms with Crippen molar-refractivity contribution in [3.63, 3.8) is 0 Å². The van der Waals surface area contributed by atoms with Crippen LogP contribution in [0.3, 0.4) is 0 Å². The zero-order valence-corrected chi connectivity index (χ0v) is 9.28. The van der Waals surface area contributed by atoms with E-state index >= 15 is 0 Å². The molecule has 1 saturated heterocycles. The quantitative estimate of drug-likeness (QED) is 0.623. The third kappa shape index (κ3) is 1.49. The summed E-state index contributed by atoms with van der Waals surface area (Å²) < 4.78 is 0. The van der Waals surface area contributed by atoms with Gasteiger partial charge in [-0.3, -0.25) is 4.90 Å². The summed E-state index contributed by atoms with van der Waals surface area (Å²) in [6.07, 6.45) is 6.14. The lowest BCUT2D eigenvalue weighted by atomic mass is 9.93. The number of rotatable bonds is 1. The highest BCUT2D eigenvalue weighted by Crippen LogP contribution is 2.46. The van der Waals surface area contributed by atoms with E-state index in [0.29, 0.717) is 0 Å². The fraction of sp³-hybridized carbons (Fsp3) is 1.00. The molecule has 3 rings (SSSR count). The third-order valence-corrected chi connectivity index (χ3v) is 4.71. The van der Waals surface area contributed by atoms with E-state index in [1.54, 1.807) is 6.42 Å². The number of nitrogens with zero attached hydrogens (tertiary/aromatic N) is 2. The number of fused-ring (bicyclic) bond motifs is 2. The van der Waals surface area contributed by atoms with Gasteiger partial charge in [-0.05, 0) is 38.1 Å². The van der Waals surface area contributed by atoms with Crippen LogP contribution in [0.15, 0.2) is 0 Å². The van der Waals surface area contributed by atoms with Gasteiger partial charge in [0.1, 0.15) is 0 Å². The van der Waals surface area contributed by atoms with Crippen molar-refractivity contribution >= 4 is 0 Å². The van der Waals surface area contributed by atoms with Crippen LogP contribution in [-0.2, 0) is 0 Å². The number of likely N-dealkylation sites (N-methyl/N-ethyl adjacent to an activating group) is 1.